The minimum atomic E-state index is -0.241. The summed E-state index contributed by atoms with van der Waals surface area (Å²) in [5.41, 5.74) is 2.38. The zero-order chi connectivity index (χ0) is 22.6. The SMILES string of the molecule is O=C1c2ccccc2C(=O)N1CCC#Cc1ccccn1.OCCC#Cc1ccccn1. The molecule has 6 nitrogen and oxygen atoms in total. The van der Waals surface area contributed by atoms with Crippen molar-refractivity contribution >= 4 is 11.8 Å². The summed E-state index contributed by atoms with van der Waals surface area (Å²) in [6, 6.07) is 17.9. The third-order valence-corrected chi connectivity index (χ3v) is 4.34. The minimum Gasteiger partial charge on any atom is -0.395 e. The van der Waals surface area contributed by atoms with Crippen LogP contribution in [0.2, 0.25) is 0 Å². The highest BCUT2D eigenvalue weighted by Gasteiger charge is 2.34. The lowest BCUT2D eigenvalue weighted by atomic mass is 10.1. The number of aliphatic hydroxyl groups excluding tert-OH is 1. The van der Waals surface area contributed by atoms with Gasteiger partial charge < -0.3 is 5.11 Å². The van der Waals surface area contributed by atoms with Crippen LogP contribution in [0.25, 0.3) is 0 Å². The molecule has 1 aromatic carbocycles. The van der Waals surface area contributed by atoms with Gasteiger partial charge in [-0.1, -0.05) is 36.1 Å². The van der Waals surface area contributed by atoms with Gasteiger partial charge in [-0.25, -0.2) is 9.97 Å². The molecule has 0 atom stereocenters. The van der Waals surface area contributed by atoms with Crippen LogP contribution in [0, 0.1) is 23.7 Å². The van der Waals surface area contributed by atoms with E-state index in [9.17, 15) is 9.59 Å². The Morgan fingerprint density at radius 1 is 0.719 bits per heavy atom. The van der Waals surface area contributed by atoms with Crippen LogP contribution in [-0.4, -0.2) is 44.9 Å². The van der Waals surface area contributed by atoms with Gasteiger partial charge in [0.1, 0.15) is 11.4 Å². The van der Waals surface area contributed by atoms with Gasteiger partial charge in [0, 0.05) is 31.8 Å². The normalized spacial score (nSPS) is 11.3. The first-order chi connectivity index (χ1) is 15.7. The van der Waals surface area contributed by atoms with Crippen molar-refractivity contribution in [2.45, 2.75) is 12.8 Å². The molecule has 0 fully saturated rings. The van der Waals surface area contributed by atoms with Crippen molar-refractivity contribution in [3.05, 3.63) is 95.6 Å². The molecule has 2 amide bonds. The lowest BCUT2D eigenvalue weighted by Crippen LogP contribution is -2.30. The Morgan fingerprint density at radius 3 is 1.69 bits per heavy atom. The van der Waals surface area contributed by atoms with Gasteiger partial charge in [-0.3, -0.25) is 14.5 Å². The van der Waals surface area contributed by atoms with E-state index in [0.29, 0.717) is 36.2 Å². The van der Waals surface area contributed by atoms with E-state index in [1.165, 1.54) is 4.90 Å². The molecule has 2 aromatic heterocycles. The number of benzene rings is 1. The van der Waals surface area contributed by atoms with E-state index < -0.39 is 0 Å². The van der Waals surface area contributed by atoms with E-state index in [0.717, 1.165) is 5.69 Å². The van der Waals surface area contributed by atoms with E-state index in [4.69, 9.17) is 5.11 Å². The Morgan fingerprint density at radius 2 is 1.22 bits per heavy atom. The van der Waals surface area contributed by atoms with Crippen LogP contribution in [0.15, 0.2) is 73.1 Å². The monoisotopic (exact) mass is 423 g/mol. The average molecular weight is 423 g/mol. The molecular weight excluding hydrogens is 402 g/mol. The number of carbonyl (C=O) groups is 2. The second kappa shape index (κ2) is 11.8. The highest BCUT2D eigenvalue weighted by Crippen LogP contribution is 2.22. The number of carbonyl (C=O) groups excluding carboxylic acids is 2. The highest BCUT2D eigenvalue weighted by atomic mass is 16.2. The maximum atomic E-state index is 12.1. The molecule has 1 aliphatic heterocycles. The summed E-state index contributed by atoms with van der Waals surface area (Å²) in [6.07, 6.45) is 4.32. The predicted molar refractivity (Wildman–Crippen MR) is 120 cm³/mol. The maximum absolute atomic E-state index is 12.1. The number of imide groups is 1. The third kappa shape index (κ3) is 6.12. The first-order valence-corrected chi connectivity index (χ1v) is 10.1. The number of nitrogens with zero attached hydrogens (tertiary/aromatic N) is 3. The lowest BCUT2D eigenvalue weighted by Gasteiger charge is -2.10. The van der Waals surface area contributed by atoms with Gasteiger partial charge in [0.15, 0.2) is 0 Å². The lowest BCUT2D eigenvalue weighted by molar-refractivity contribution is 0.0658. The van der Waals surface area contributed by atoms with E-state index in [2.05, 4.69) is 33.6 Å². The van der Waals surface area contributed by atoms with Crippen molar-refractivity contribution in [1.82, 2.24) is 14.9 Å². The van der Waals surface area contributed by atoms with Crippen molar-refractivity contribution in [2.24, 2.45) is 0 Å². The maximum Gasteiger partial charge on any atom is 0.261 e. The number of pyridine rings is 2. The molecule has 0 saturated heterocycles. The van der Waals surface area contributed by atoms with Gasteiger partial charge in [0.25, 0.3) is 11.8 Å². The van der Waals surface area contributed by atoms with Crippen molar-refractivity contribution in [2.75, 3.05) is 13.2 Å². The molecule has 1 N–H and O–H groups in total. The number of aromatic nitrogens is 2. The summed E-state index contributed by atoms with van der Waals surface area (Å²) >= 11 is 0. The van der Waals surface area contributed by atoms with E-state index in [1.54, 1.807) is 36.7 Å². The van der Waals surface area contributed by atoms with E-state index in [-0.39, 0.29) is 18.4 Å². The summed E-state index contributed by atoms with van der Waals surface area (Å²) in [5, 5.41) is 8.42. The van der Waals surface area contributed by atoms with Gasteiger partial charge in [0.2, 0.25) is 0 Å². The molecule has 0 bridgehead atoms. The first kappa shape index (κ1) is 22.4. The van der Waals surface area contributed by atoms with Crippen molar-refractivity contribution in [1.29, 1.82) is 0 Å². The van der Waals surface area contributed by atoms with Crippen LogP contribution in [-0.2, 0) is 0 Å². The molecule has 6 heteroatoms. The Labute approximate surface area is 187 Å². The smallest absolute Gasteiger partial charge is 0.261 e. The number of rotatable bonds is 3. The first-order valence-electron chi connectivity index (χ1n) is 10.1. The molecule has 0 radical (unpaired) electrons. The van der Waals surface area contributed by atoms with Gasteiger partial charge in [-0.2, -0.15) is 0 Å². The number of aliphatic hydroxyl groups is 1. The summed E-state index contributed by atoms with van der Waals surface area (Å²) in [6.45, 7) is 0.409. The summed E-state index contributed by atoms with van der Waals surface area (Å²) in [5.74, 6) is 11.0. The topological polar surface area (TPSA) is 83.4 Å². The average Bonchev–Trinajstić information content (AvgIpc) is 3.09. The molecular formula is C26H21N3O3. The molecule has 158 valence electrons. The number of hydrogen-bond donors (Lipinski definition) is 1. The third-order valence-electron chi connectivity index (χ3n) is 4.34. The van der Waals surface area contributed by atoms with Crippen LogP contribution >= 0.6 is 0 Å². The quantitative estimate of drug-likeness (QED) is 0.517. The molecule has 32 heavy (non-hydrogen) atoms. The molecule has 4 rings (SSSR count). The second-order valence-electron chi connectivity index (χ2n) is 6.56. The van der Waals surface area contributed by atoms with Crippen molar-refractivity contribution in [3.8, 4) is 23.7 Å². The van der Waals surface area contributed by atoms with Gasteiger partial charge >= 0.3 is 0 Å². The van der Waals surface area contributed by atoms with Crippen LogP contribution in [0.4, 0.5) is 0 Å². The predicted octanol–water partition coefficient (Wildman–Crippen LogP) is 2.93. The molecule has 0 aliphatic carbocycles. The van der Waals surface area contributed by atoms with Crippen molar-refractivity contribution in [3.63, 3.8) is 0 Å². The Balaban J connectivity index is 0.000000222. The van der Waals surface area contributed by atoms with E-state index >= 15 is 0 Å². The Kier molecular flexibility index (Phi) is 8.27. The summed E-state index contributed by atoms with van der Waals surface area (Å²) in [7, 11) is 0. The largest absolute Gasteiger partial charge is 0.395 e. The molecule has 0 spiro atoms. The fraction of sp³-hybridized carbons (Fsp3) is 0.154. The zero-order valence-electron chi connectivity index (χ0n) is 17.4. The summed E-state index contributed by atoms with van der Waals surface area (Å²) in [4.78, 5) is 33.6. The van der Waals surface area contributed by atoms with Gasteiger partial charge in [0.05, 0.1) is 17.7 Å². The highest BCUT2D eigenvalue weighted by molar-refractivity contribution is 6.21. The number of fused-ring (bicyclic) bond motifs is 1. The van der Waals surface area contributed by atoms with Crippen molar-refractivity contribution < 1.29 is 14.7 Å². The fourth-order valence-corrected chi connectivity index (χ4v) is 2.85. The fourth-order valence-electron chi connectivity index (χ4n) is 2.85. The molecule has 0 unspecified atom stereocenters. The molecule has 1 aliphatic rings. The molecule has 0 saturated carbocycles. The van der Waals surface area contributed by atoms with Gasteiger partial charge in [-0.15, -0.1) is 0 Å². The minimum absolute atomic E-state index is 0.111. The standard InChI is InChI=1S/C17H12N2O2.C9H9NO/c20-16-14-9-1-2-10-15(14)17(21)19(16)12-6-4-8-13-7-3-5-11-18-13;11-8-4-2-6-9-5-1-3-7-10-9/h1-3,5,7,9-11H,6,12H2;1,3,5,7,11H,4,8H2. The number of amides is 2. The Bertz CT molecular complexity index is 1150. The Hall–Kier alpha value is -4.26. The van der Waals surface area contributed by atoms with Crippen LogP contribution in [0.1, 0.15) is 44.9 Å². The second-order valence-corrected chi connectivity index (χ2v) is 6.56. The number of hydrogen-bond acceptors (Lipinski definition) is 5. The van der Waals surface area contributed by atoms with E-state index in [1.807, 2.05) is 36.4 Å². The van der Waals surface area contributed by atoms with Crippen LogP contribution in [0.5, 0.6) is 0 Å². The molecule has 3 heterocycles. The van der Waals surface area contributed by atoms with Crippen LogP contribution < -0.4 is 0 Å². The zero-order valence-corrected chi connectivity index (χ0v) is 17.4. The van der Waals surface area contributed by atoms with Crippen LogP contribution in [0.3, 0.4) is 0 Å². The van der Waals surface area contributed by atoms with Gasteiger partial charge in [-0.05, 0) is 48.2 Å². The molecule has 3 aromatic rings. The summed E-state index contributed by atoms with van der Waals surface area (Å²) < 4.78 is 0.